The molecule has 0 bridgehead atoms. The molecule has 6 amide bonds. The highest BCUT2D eigenvalue weighted by atomic mass is 16.5. The van der Waals surface area contributed by atoms with E-state index in [0.717, 1.165) is 17.2 Å². The number of likely N-dealkylation sites (tertiary alicyclic amines) is 3. The molecule has 9 aromatic rings. The van der Waals surface area contributed by atoms with Crippen LogP contribution in [0.4, 0.5) is 17.5 Å². The number of methoxy groups -OCH3 is 1. The van der Waals surface area contributed by atoms with Crippen LogP contribution in [-0.2, 0) is 19.1 Å². The first-order chi connectivity index (χ1) is 48.3. The highest BCUT2D eigenvalue weighted by molar-refractivity contribution is 6.05. The Labute approximate surface area is 578 Å². The molecule has 100 heavy (non-hydrogen) atoms. The molecule has 6 aromatic carbocycles. The zero-order valence-corrected chi connectivity index (χ0v) is 56.0. The van der Waals surface area contributed by atoms with Gasteiger partial charge in [-0.25, -0.2) is 14.0 Å². The van der Waals surface area contributed by atoms with Gasteiger partial charge in [0.25, 0.3) is 17.7 Å². The summed E-state index contributed by atoms with van der Waals surface area (Å²) in [7, 11) is 1.57. The Morgan fingerprint density at radius 2 is 0.730 bits per heavy atom. The van der Waals surface area contributed by atoms with Crippen LogP contribution in [0.2, 0.25) is 0 Å². The Bertz CT molecular complexity index is 4440. The van der Waals surface area contributed by atoms with E-state index in [1.165, 1.54) is 12.2 Å². The largest absolute Gasteiger partial charge is 0.457 e. The number of nitrogen functional groups attached to an aromatic ring is 3. The van der Waals surface area contributed by atoms with Gasteiger partial charge in [0, 0.05) is 69.1 Å². The van der Waals surface area contributed by atoms with Gasteiger partial charge in [-0.05, 0) is 153 Å². The first-order valence-electron chi connectivity index (χ1n) is 32.6. The molecule has 25 nitrogen and oxygen atoms in total. The summed E-state index contributed by atoms with van der Waals surface area (Å²) in [6.07, 6.45) is 12.0. The topological polar surface area (TPSA) is 359 Å². The number of hydrogen-bond donors (Lipinski definition) is 6. The van der Waals surface area contributed by atoms with E-state index in [-0.39, 0.29) is 70.0 Å². The van der Waals surface area contributed by atoms with E-state index < -0.39 is 17.7 Å². The Hall–Kier alpha value is -12.3. The van der Waals surface area contributed by atoms with Crippen LogP contribution in [0, 0.1) is 5.92 Å². The van der Waals surface area contributed by atoms with Gasteiger partial charge in [-0.1, -0.05) is 86.7 Å². The fourth-order valence-electron chi connectivity index (χ4n) is 11.8. The predicted molar refractivity (Wildman–Crippen MR) is 382 cm³/mol. The highest BCUT2D eigenvalue weighted by Gasteiger charge is 2.35. The maximum absolute atomic E-state index is 12.5. The third-order valence-electron chi connectivity index (χ3n) is 16.8. The summed E-state index contributed by atoms with van der Waals surface area (Å²) in [5, 5.41) is 13.9. The Morgan fingerprint density at radius 3 is 1.01 bits per heavy atom. The van der Waals surface area contributed by atoms with Crippen LogP contribution in [0.5, 0.6) is 34.5 Å². The molecule has 0 unspecified atom stereocenters. The molecular formula is C75H81N15O10. The van der Waals surface area contributed by atoms with Crippen molar-refractivity contribution in [2.24, 2.45) is 23.1 Å². The van der Waals surface area contributed by atoms with E-state index in [9.17, 15) is 28.8 Å². The third-order valence-corrected chi connectivity index (χ3v) is 16.8. The molecule has 3 aliphatic heterocycles. The Kier molecular flexibility index (Phi) is 23.0. The molecule has 0 saturated carbocycles. The maximum Gasteiger partial charge on any atom is 0.254 e. The molecule has 3 aromatic heterocycles. The zero-order valence-electron chi connectivity index (χ0n) is 56.0. The van der Waals surface area contributed by atoms with E-state index in [1.54, 1.807) is 97.4 Å². The average Bonchev–Trinajstić information content (AvgIpc) is 1.64. The molecule has 12 N–H and O–H groups in total. The van der Waals surface area contributed by atoms with Crippen LogP contribution < -0.4 is 48.6 Å². The molecule has 3 fully saturated rings. The summed E-state index contributed by atoms with van der Waals surface area (Å²) in [6.45, 7) is 9.34. The number of rotatable bonds is 21. The number of carbonyl (C=O) groups is 6. The number of hydrogen-bond acceptors (Lipinski definition) is 16. The molecule has 12 rings (SSSR count). The summed E-state index contributed by atoms with van der Waals surface area (Å²) in [4.78, 5) is 79.0. The number of carbonyl (C=O) groups excluding carboxylic acids is 6. The van der Waals surface area contributed by atoms with Crippen molar-refractivity contribution >= 4 is 52.9 Å². The van der Waals surface area contributed by atoms with E-state index >= 15 is 0 Å². The van der Waals surface area contributed by atoms with Crippen LogP contribution >= 0.6 is 0 Å². The molecule has 25 heteroatoms. The van der Waals surface area contributed by atoms with Crippen molar-refractivity contribution in [3.8, 4) is 68.3 Å². The van der Waals surface area contributed by atoms with Crippen molar-refractivity contribution in [3.05, 3.63) is 217 Å². The fourth-order valence-corrected chi connectivity index (χ4v) is 11.8. The number of anilines is 3. The molecule has 516 valence electrons. The van der Waals surface area contributed by atoms with E-state index in [2.05, 4.69) is 15.3 Å². The molecule has 3 atom stereocenters. The van der Waals surface area contributed by atoms with Gasteiger partial charge < -0.3 is 68.0 Å². The number of aromatic nitrogens is 6. The van der Waals surface area contributed by atoms with Crippen LogP contribution in [0.15, 0.2) is 200 Å². The zero-order chi connectivity index (χ0) is 71.0. The standard InChI is InChI=1S/C26H29N5O3.C25H27N5O4.C24H25N5O3/c1-17(2)8-13-22(32)30-15-14-19(16-30)31-25(27)23(26(28)33)24(29-31)18-9-11-21(12-10-18)34-20-6-4-3-5-7-20;1-33-15-5-8-21(31)29-14-13-18(16-29)30-24(26)22(25(27)32)23(28-30)17-9-11-20(12-10-17)34-19-6-3-2-4-7-19;1-2-6-20(30)28-14-13-17(15-28)29-23(25)21(24(26)31)22(27-29)16-9-11-19(12-10-16)32-18-7-4-3-5-8-18/h3-13,17,19H,14-16,27H2,1-2H3,(H2,28,33);2-12,18H,13-16,26H2,1H3,(H2,27,32);2-12,17H,13-15,25H2,1H3,(H2,26,31)/b13-8+;8-5+;6-2+/t19-;18-;17-/m111/s1. The molecule has 0 radical (unpaired) electrons. The molecule has 0 aliphatic carbocycles. The SMILES string of the molecule is C/C=C/C(=O)N1CC[C@@H](n2nc(-c3ccc(Oc4ccccc4)cc3)c(C(N)=O)c2N)C1.CC(C)/C=C/C(=O)N1CC[C@@H](n2nc(-c3ccc(Oc4ccccc4)cc3)c(C(N)=O)c2N)C1.COC/C=C/C(=O)N1CC[C@@H](n2nc(-c3ccc(Oc4ccccc4)cc3)c(C(N)=O)c2N)C1. The Morgan fingerprint density at radius 1 is 0.440 bits per heavy atom. The summed E-state index contributed by atoms with van der Waals surface area (Å²) in [5.74, 6) is 2.92. The van der Waals surface area contributed by atoms with Gasteiger partial charge in [0.2, 0.25) is 17.7 Å². The maximum atomic E-state index is 12.5. The first-order valence-corrected chi connectivity index (χ1v) is 32.6. The van der Waals surface area contributed by atoms with E-state index in [0.29, 0.717) is 122 Å². The summed E-state index contributed by atoms with van der Waals surface area (Å²) in [5.41, 5.74) is 39.8. The number of nitrogens with zero attached hydrogens (tertiary/aromatic N) is 9. The van der Waals surface area contributed by atoms with Gasteiger partial charge in [0.1, 0.15) is 85.7 Å². The van der Waals surface area contributed by atoms with Crippen LogP contribution in [0.3, 0.4) is 0 Å². The highest BCUT2D eigenvalue weighted by Crippen LogP contribution is 2.38. The second kappa shape index (κ2) is 32.7. The van der Waals surface area contributed by atoms with Crippen molar-refractivity contribution in [1.29, 1.82) is 0 Å². The summed E-state index contributed by atoms with van der Waals surface area (Å²) in [6, 6.07) is 49.6. The van der Waals surface area contributed by atoms with Gasteiger partial charge in [-0.3, -0.25) is 28.8 Å². The number of primary amides is 3. The third kappa shape index (κ3) is 17.1. The number of allylic oxidation sites excluding steroid dienone is 2. The van der Waals surface area contributed by atoms with Gasteiger partial charge in [-0.2, -0.15) is 15.3 Å². The molecule has 0 spiro atoms. The van der Waals surface area contributed by atoms with E-state index in [4.69, 9.17) is 53.3 Å². The molecule has 3 saturated heterocycles. The van der Waals surface area contributed by atoms with Crippen molar-refractivity contribution < 1.29 is 47.7 Å². The normalized spacial score (nSPS) is 15.8. The minimum atomic E-state index is -0.656. The van der Waals surface area contributed by atoms with Crippen LogP contribution in [-0.4, -0.2) is 132 Å². The average molecular weight is 1350 g/mol. The van der Waals surface area contributed by atoms with Crippen molar-refractivity contribution in [2.75, 3.05) is 70.2 Å². The van der Waals surface area contributed by atoms with Crippen molar-refractivity contribution in [3.63, 3.8) is 0 Å². The lowest BCUT2D eigenvalue weighted by Crippen LogP contribution is -2.28. The quantitative estimate of drug-likeness (QED) is 0.0364. The Balaban J connectivity index is 0.000000162. The van der Waals surface area contributed by atoms with Gasteiger partial charge >= 0.3 is 0 Å². The number of amides is 6. The monoisotopic (exact) mass is 1350 g/mol. The second-order valence-electron chi connectivity index (χ2n) is 24.2. The van der Waals surface area contributed by atoms with Crippen molar-refractivity contribution in [1.82, 2.24) is 44.0 Å². The van der Waals surface area contributed by atoms with Gasteiger partial charge in [0.15, 0.2) is 0 Å². The minimum Gasteiger partial charge on any atom is -0.457 e. The van der Waals surface area contributed by atoms with Crippen LogP contribution in [0.1, 0.15) is 89.2 Å². The van der Waals surface area contributed by atoms with E-state index in [1.807, 2.05) is 147 Å². The minimum absolute atomic E-state index is 0.0359. The lowest BCUT2D eigenvalue weighted by molar-refractivity contribution is -0.125. The summed E-state index contributed by atoms with van der Waals surface area (Å²) >= 11 is 0. The van der Waals surface area contributed by atoms with Gasteiger partial charge in [-0.15, -0.1) is 0 Å². The molecular weight excluding hydrogens is 1270 g/mol. The lowest BCUT2D eigenvalue weighted by atomic mass is 10.1. The number of nitrogens with two attached hydrogens (primary N) is 6. The predicted octanol–water partition coefficient (Wildman–Crippen LogP) is 10.4. The van der Waals surface area contributed by atoms with Crippen molar-refractivity contribution in [2.45, 2.75) is 58.2 Å². The van der Waals surface area contributed by atoms with Crippen LogP contribution in [0.25, 0.3) is 33.8 Å². The van der Waals surface area contributed by atoms with Gasteiger partial charge in [0.05, 0.1) is 24.7 Å². The number of benzene rings is 6. The number of ether oxygens (including phenoxy) is 4. The summed E-state index contributed by atoms with van der Waals surface area (Å²) < 4.78 is 27.3. The molecule has 3 aliphatic rings. The second-order valence-corrected chi connectivity index (χ2v) is 24.2. The lowest BCUT2D eigenvalue weighted by Gasteiger charge is -2.15. The fraction of sp³-hybridized carbons (Fsp3) is 0.240. The smallest absolute Gasteiger partial charge is 0.254 e. The number of para-hydroxylation sites is 3. The molecule has 6 heterocycles. The first kappa shape index (κ1) is 70.5.